The third-order valence-electron chi connectivity index (χ3n) is 1.33. The number of carboxylic acid groups (broad SMARTS) is 1. The van der Waals surface area contributed by atoms with E-state index in [1.165, 1.54) is 6.07 Å². The zero-order valence-corrected chi connectivity index (χ0v) is 7.10. The van der Waals surface area contributed by atoms with Crippen molar-refractivity contribution in [2.45, 2.75) is 6.42 Å². The second-order valence-electron chi connectivity index (χ2n) is 2.22. The van der Waals surface area contributed by atoms with Crippen LogP contribution in [0.2, 0.25) is 0 Å². The molecule has 0 fully saturated rings. The molecule has 12 heavy (non-hydrogen) atoms. The van der Waals surface area contributed by atoms with Crippen molar-refractivity contribution in [2.75, 3.05) is 0 Å². The number of carboxylic acids is 1. The van der Waals surface area contributed by atoms with E-state index in [0.717, 1.165) is 11.3 Å². The first-order valence-electron chi connectivity index (χ1n) is 3.31. The van der Waals surface area contributed by atoms with Gasteiger partial charge >= 0.3 is 5.97 Å². The molecule has 0 unspecified atom stereocenters. The van der Waals surface area contributed by atoms with Crippen LogP contribution in [0.25, 0.3) is 0 Å². The van der Waals surface area contributed by atoms with Crippen LogP contribution >= 0.6 is 11.3 Å². The molecule has 1 aromatic heterocycles. The Morgan fingerprint density at radius 2 is 2.42 bits per heavy atom. The number of allylic oxidation sites excluding steroid dienone is 1. The predicted molar refractivity (Wildman–Crippen MR) is 46.8 cm³/mol. The van der Waals surface area contributed by atoms with E-state index < -0.39 is 5.97 Å². The summed E-state index contributed by atoms with van der Waals surface area (Å²) in [6, 6.07) is 1.26. The lowest BCUT2D eigenvalue weighted by Gasteiger charge is -1.88. The van der Waals surface area contributed by atoms with Crippen molar-refractivity contribution in [2.24, 2.45) is 0 Å². The summed E-state index contributed by atoms with van der Waals surface area (Å²) < 4.78 is 0. The zero-order chi connectivity index (χ0) is 9.14. The number of rotatable bonds is 3. The Morgan fingerprint density at radius 3 is 2.83 bits per heavy atom. The van der Waals surface area contributed by atoms with E-state index in [-0.39, 0.29) is 10.6 Å². The molecule has 0 bridgehead atoms. The smallest absolute Gasteiger partial charge is 0.346 e. The largest absolute Gasteiger partial charge is 0.507 e. The average Bonchev–Trinajstić information content (AvgIpc) is 2.34. The van der Waals surface area contributed by atoms with Gasteiger partial charge in [-0.15, -0.1) is 17.9 Å². The minimum atomic E-state index is -1.01. The van der Waals surface area contributed by atoms with Crippen molar-refractivity contribution in [1.82, 2.24) is 0 Å². The molecule has 0 amide bonds. The molecule has 0 atom stereocenters. The maximum absolute atomic E-state index is 10.4. The summed E-state index contributed by atoms with van der Waals surface area (Å²) in [5.74, 6) is -0.970. The van der Waals surface area contributed by atoms with Gasteiger partial charge in [-0.2, -0.15) is 0 Å². The Bertz CT molecular complexity index is 314. The van der Waals surface area contributed by atoms with Crippen LogP contribution < -0.4 is 0 Å². The van der Waals surface area contributed by atoms with Crippen LogP contribution in [0.4, 0.5) is 0 Å². The van der Waals surface area contributed by atoms with Crippen molar-refractivity contribution < 1.29 is 15.0 Å². The molecule has 64 valence electrons. The van der Waals surface area contributed by atoms with Gasteiger partial charge in [-0.3, -0.25) is 0 Å². The first-order valence-corrected chi connectivity index (χ1v) is 4.12. The van der Waals surface area contributed by atoms with Crippen LogP contribution in [-0.4, -0.2) is 16.2 Å². The van der Waals surface area contributed by atoms with Crippen LogP contribution in [0, 0.1) is 0 Å². The average molecular weight is 184 g/mol. The number of hydrogen-bond acceptors (Lipinski definition) is 3. The monoisotopic (exact) mass is 184 g/mol. The van der Waals surface area contributed by atoms with Crippen molar-refractivity contribution in [3.63, 3.8) is 0 Å². The zero-order valence-electron chi connectivity index (χ0n) is 6.28. The summed E-state index contributed by atoms with van der Waals surface area (Å²) in [6.07, 6.45) is 2.13. The van der Waals surface area contributed by atoms with Gasteiger partial charge in [0.05, 0.1) is 4.88 Å². The van der Waals surface area contributed by atoms with Crippen LogP contribution in [0.1, 0.15) is 14.5 Å². The van der Waals surface area contributed by atoms with Crippen molar-refractivity contribution in [3.05, 3.63) is 28.5 Å². The van der Waals surface area contributed by atoms with Gasteiger partial charge < -0.3 is 10.2 Å². The Hall–Kier alpha value is -1.29. The van der Waals surface area contributed by atoms with Crippen LogP contribution in [0.15, 0.2) is 18.7 Å². The fraction of sp³-hybridized carbons (Fsp3) is 0.125. The van der Waals surface area contributed by atoms with Crippen LogP contribution in [0.5, 0.6) is 5.75 Å². The molecule has 1 aromatic rings. The normalized spacial score (nSPS) is 9.67. The van der Waals surface area contributed by atoms with Gasteiger partial charge in [-0.05, 0) is 0 Å². The fourth-order valence-corrected chi connectivity index (χ4v) is 1.69. The van der Waals surface area contributed by atoms with Gasteiger partial charge in [-0.25, -0.2) is 4.79 Å². The summed E-state index contributed by atoms with van der Waals surface area (Å²) in [7, 11) is 0. The molecule has 0 aliphatic rings. The lowest BCUT2D eigenvalue weighted by Crippen LogP contribution is -1.89. The van der Waals surface area contributed by atoms with Crippen molar-refractivity contribution in [3.8, 4) is 5.75 Å². The molecule has 0 saturated heterocycles. The Labute approximate surface area is 73.6 Å². The molecular weight excluding hydrogens is 176 g/mol. The lowest BCUT2D eigenvalue weighted by atomic mass is 10.3. The molecule has 0 aliphatic carbocycles. The maximum atomic E-state index is 10.4. The summed E-state index contributed by atoms with van der Waals surface area (Å²) in [5, 5.41) is 17.8. The minimum absolute atomic E-state index is 0.0392. The van der Waals surface area contributed by atoms with Gasteiger partial charge in [0.25, 0.3) is 0 Å². The first kappa shape index (κ1) is 8.80. The Morgan fingerprint density at radius 1 is 1.75 bits per heavy atom. The van der Waals surface area contributed by atoms with Crippen LogP contribution in [0.3, 0.4) is 0 Å². The summed E-state index contributed by atoms with van der Waals surface area (Å²) in [6.45, 7) is 3.50. The van der Waals surface area contributed by atoms with Gasteiger partial charge in [0.15, 0.2) is 0 Å². The highest BCUT2D eigenvalue weighted by molar-refractivity contribution is 7.14. The van der Waals surface area contributed by atoms with E-state index in [0.29, 0.717) is 11.3 Å². The van der Waals surface area contributed by atoms with E-state index in [1.807, 2.05) is 0 Å². The molecule has 1 rings (SSSR count). The number of thiophene rings is 1. The van der Waals surface area contributed by atoms with Crippen molar-refractivity contribution in [1.29, 1.82) is 0 Å². The van der Waals surface area contributed by atoms with Crippen LogP contribution in [-0.2, 0) is 6.42 Å². The molecule has 0 aromatic carbocycles. The minimum Gasteiger partial charge on any atom is -0.507 e. The van der Waals surface area contributed by atoms with E-state index >= 15 is 0 Å². The molecule has 0 saturated carbocycles. The van der Waals surface area contributed by atoms with Gasteiger partial charge in [0.2, 0.25) is 0 Å². The third-order valence-corrected chi connectivity index (χ3v) is 2.46. The van der Waals surface area contributed by atoms with E-state index in [4.69, 9.17) is 5.11 Å². The van der Waals surface area contributed by atoms with Crippen molar-refractivity contribution >= 4 is 17.3 Å². The van der Waals surface area contributed by atoms with E-state index in [1.54, 1.807) is 6.08 Å². The number of carbonyl (C=O) groups is 1. The molecule has 2 N–H and O–H groups in total. The maximum Gasteiger partial charge on any atom is 0.346 e. The highest BCUT2D eigenvalue weighted by atomic mass is 32.1. The van der Waals surface area contributed by atoms with Gasteiger partial charge in [0, 0.05) is 12.5 Å². The lowest BCUT2D eigenvalue weighted by molar-refractivity contribution is 0.0702. The second-order valence-corrected chi connectivity index (χ2v) is 3.35. The fourth-order valence-electron chi connectivity index (χ4n) is 0.802. The molecule has 1 heterocycles. The van der Waals surface area contributed by atoms with E-state index in [2.05, 4.69) is 6.58 Å². The molecule has 3 nitrogen and oxygen atoms in total. The van der Waals surface area contributed by atoms with Gasteiger partial charge in [-0.1, -0.05) is 6.08 Å². The summed E-state index contributed by atoms with van der Waals surface area (Å²) >= 11 is 1.07. The van der Waals surface area contributed by atoms with Gasteiger partial charge in [0.1, 0.15) is 10.6 Å². The standard InChI is InChI=1S/C8H8O3S/c1-2-3-6-5(9)4-7(12-6)8(10)11/h2,4,9H,1,3H2,(H,10,11). The highest BCUT2D eigenvalue weighted by Crippen LogP contribution is 2.28. The molecule has 4 heteroatoms. The molecule has 0 aliphatic heterocycles. The molecule has 0 spiro atoms. The summed E-state index contributed by atoms with van der Waals surface area (Å²) in [5.41, 5.74) is 0. The number of aromatic carboxylic acids is 1. The third kappa shape index (κ3) is 1.65. The Balaban J connectivity index is 2.99. The number of aromatic hydroxyl groups is 1. The SMILES string of the molecule is C=CCc1sc(C(=O)O)cc1O. The second kappa shape index (κ2) is 3.40. The quantitative estimate of drug-likeness (QED) is 0.705. The molecule has 0 radical (unpaired) electrons. The topological polar surface area (TPSA) is 57.5 Å². The first-order chi connectivity index (χ1) is 5.65. The Kier molecular flexibility index (Phi) is 2.50. The summed E-state index contributed by atoms with van der Waals surface area (Å²) in [4.78, 5) is 11.2. The van der Waals surface area contributed by atoms with E-state index in [9.17, 15) is 9.90 Å². The highest BCUT2D eigenvalue weighted by Gasteiger charge is 2.11. The predicted octanol–water partition coefficient (Wildman–Crippen LogP) is 1.88. The molecular formula is C8H8O3S. The number of hydrogen-bond donors (Lipinski definition) is 2.